The molecule has 2 aliphatic rings. The van der Waals surface area contributed by atoms with Crippen LogP contribution >= 0.6 is 0 Å². The number of fused-ring (bicyclic) bond motifs is 2. The Hall–Kier alpha value is -3.36. The van der Waals surface area contributed by atoms with E-state index >= 15 is 0 Å². The zero-order valence-electron chi connectivity index (χ0n) is 19.8. The molecular weight excluding hydrogens is 418 g/mol. The van der Waals surface area contributed by atoms with Crippen molar-refractivity contribution >= 4 is 27.5 Å². The molecule has 0 atom stereocenters. The molecule has 5 heteroatoms. The van der Waals surface area contributed by atoms with Gasteiger partial charge in [-0.3, -0.25) is 9.88 Å². The second-order valence-corrected chi connectivity index (χ2v) is 9.91. The molecule has 0 bridgehead atoms. The third kappa shape index (κ3) is 3.73. The summed E-state index contributed by atoms with van der Waals surface area (Å²) >= 11 is 0. The standard InChI is InChI=1S/C29H31N5/c1-32-20-26(25-18-21(19-30)7-12-28(25)32)22-8-10-23(11-9-22)33-14-16-34(17-15-33)29-6-2-5-27-24(29)4-3-13-31-27/h2-7,12-13,18,20,22-23H,8-11,14-17H2,1H3. The van der Waals surface area contributed by atoms with Crippen molar-refractivity contribution in [2.75, 3.05) is 31.1 Å². The van der Waals surface area contributed by atoms with Gasteiger partial charge in [-0.2, -0.15) is 5.26 Å². The molecule has 2 aromatic carbocycles. The van der Waals surface area contributed by atoms with E-state index in [4.69, 9.17) is 0 Å². The van der Waals surface area contributed by atoms with Gasteiger partial charge in [-0.1, -0.05) is 6.07 Å². The molecular formula is C29H31N5. The van der Waals surface area contributed by atoms with Crippen molar-refractivity contribution < 1.29 is 0 Å². The predicted octanol–water partition coefficient (Wildman–Crippen LogP) is 5.45. The third-order valence-corrected chi connectivity index (χ3v) is 8.08. The molecule has 0 spiro atoms. The average Bonchev–Trinajstić information content (AvgIpc) is 3.24. The van der Waals surface area contributed by atoms with E-state index in [1.54, 1.807) is 0 Å². The number of aryl methyl sites for hydroxylation is 1. The van der Waals surface area contributed by atoms with Crippen molar-refractivity contribution in [3.05, 3.63) is 72.1 Å². The summed E-state index contributed by atoms with van der Waals surface area (Å²) in [4.78, 5) is 9.80. The van der Waals surface area contributed by atoms with E-state index in [0.29, 0.717) is 12.0 Å². The van der Waals surface area contributed by atoms with Crippen LogP contribution in [-0.2, 0) is 7.05 Å². The Balaban J connectivity index is 1.11. The zero-order valence-corrected chi connectivity index (χ0v) is 19.8. The van der Waals surface area contributed by atoms with Gasteiger partial charge in [-0.25, -0.2) is 0 Å². The summed E-state index contributed by atoms with van der Waals surface area (Å²) in [5.74, 6) is 0.596. The summed E-state index contributed by atoms with van der Waals surface area (Å²) < 4.78 is 2.22. The Bertz CT molecular complexity index is 1360. The van der Waals surface area contributed by atoms with Crippen LogP contribution in [-0.4, -0.2) is 46.7 Å². The summed E-state index contributed by atoms with van der Waals surface area (Å²) in [6.45, 7) is 4.42. The highest BCUT2D eigenvalue weighted by atomic mass is 15.3. The molecule has 2 aromatic heterocycles. The van der Waals surface area contributed by atoms with E-state index in [9.17, 15) is 5.26 Å². The summed E-state index contributed by atoms with van der Waals surface area (Å²) in [6, 6.07) is 19.8. The minimum absolute atomic E-state index is 0.596. The predicted molar refractivity (Wildman–Crippen MR) is 138 cm³/mol. The largest absolute Gasteiger partial charge is 0.368 e. The highest BCUT2D eigenvalue weighted by Crippen LogP contribution is 2.39. The smallest absolute Gasteiger partial charge is 0.0991 e. The van der Waals surface area contributed by atoms with Crippen LogP contribution in [0.25, 0.3) is 21.8 Å². The maximum absolute atomic E-state index is 9.36. The maximum Gasteiger partial charge on any atom is 0.0991 e. The van der Waals surface area contributed by atoms with Gasteiger partial charge in [-0.15, -0.1) is 0 Å². The van der Waals surface area contributed by atoms with Crippen molar-refractivity contribution in [2.45, 2.75) is 37.6 Å². The van der Waals surface area contributed by atoms with Crippen LogP contribution in [0.1, 0.15) is 42.7 Å². The van der Waals surface area contributed by atoms with Gasteiger partial charge in [0.15, 0.2) is 0 Å². The number of pyridine rings is 1. The van der Waals surface area contributed by atoms with Crippen molar-refractivity contribution in [1.82, 2.24) is 14.5 Å². The lowest BCUT2D eigenvalue weighted by molar-refractivity contribution is 0.141. The van der Waals surface area contributed by atoms with Crippen LogP contribution in [0.5, 0.6) is 0 Å². The number of aromatic nitrogens is 2. The molecule has 34 heavy (non-hydrogen) atoms. The number of rotatable bonds is 3. The fourth-order valence-electron chi connectivity index (χ4n) is 6.26. The first-order chi connectivity index (χ1) is 16.7. The monoisotopic (exact) mass is 449 g/mol. The van der Waals surface area contributed by atoms with Gasteiger partial charge < -0.3 is 9.47 Å². The molecule has 1 aliphatic heterocycles. The Morgan fingerprint density at radius 3 is 2.53 bits per heavy atom. The average molecular weight is 450 g/mol. The molecule has 2 fully saturated rings. The van der Waals surface area contributed by atoms with Crippen molar-refractivity contribution in [1.29, 1.82) is 5.26 Å². The van der Waals surface area contributed by atoms with E-state index in [-0.39, 0.29) is 0 Å². The Kier molecular flexibility index (Phi) is 5.47. The van der Waals surface area contributed by atoms with Crippen LogP contribution in [0, 0.1) is 11.3 Å². The summed E-state index contributed by atoms with van der Waals surface area (Å²) in [5, 5.41) is 11.9. The zero-order chi connectivity index (χ0) is 23.1. The van der Waals surface area contributed by atoms with Gasteiger partial charge in [0, 0.05) is 73.6 Å². The van der Waals surface area contributed by atoms with Crippen LogP contribution in [0.2, 0.25) is 0 Å². The molecule has 1 saturated heterocycles. The second kappa shape index (κ2) is 8.77. The number of nitrogens with zero attached hydrogens (tertiary/aromatic N) is 5. The number of hydrogen-bond donors (Lipinski definition) is 0. The number of nitriles is 1. The summed E-state index contributed by atoms with van der Waals surface area (Å²) in [7, 11) is 2.12. The SMILES string of the molecule is Cn1cc(C2CCC(N3CCN(c4cccc5ncccc45)CC3)CC2)c2cc(C#N)ccc21. The van der Waals surface area contributed by atoms with Gasteiger partial charge in [0.2, 0.25) is 0 Å². The fourth-order valence-corrected chi connectivity index (χ4v) is 6.26. The van der Waals surface area contributed by atoms with Crippen molar-refractivity contribution in [3.8, 4) is 6.07 Å². The maximum atomic E-state index is 9.36. The first-order valence-electron chi connectivity index (χ1n) is 12.5. The van der Waals surface area contributed by atoms with Crippen molar-refractivity contribution in [2.24, 2.45) is 7.05 Å². The van der Waals surface area contributed by atoms with E-state index in [1.807, 2.05) is 18.3 Å². The Labute approximate surface area is 201 Å². The molecule has 0 unspecified atom stereocenters. The van der Waals surface area contributed by atoms with Gasteiger partial charge in [0.05, 0.1) is 17.1 Å². The molecule has 1 aliphatic carbocycles. The van der Waals surface area contributed by atoms with Crippen LogP contribution in [0.4, 0.5) is 5.69 Å². The van der Waals surface area contributed by atoms with Gasteiger partial charge in [-0.05, 0) is 79.6 Å². The first-order valence-corrected chi connectivity index (χ1v) is 12.5. The lowest BCUT2D eigenvalue weighted by Crippen LogP contribution is -2.51. The van der Waals surface area contributed by atoms with E-state index < -0.39 is 0 Å². The molecule has 6 rings (SSSR count). The molecule has 0 N–H and O–H groups in total. The van der Waals surface area contributed by atoms with Crippen LogP contribution < -0.4 is 4.90 Å². The molecule has 5 nitrogen and oxygen atoms in total. The Morgan fingerprint density at radius 1 is 0.912 bits per heavy atom. The summed E-state index contributed by atoms with van der Waals surface area (Å²) in [5.41, 5.74) is 5.82. The number of piperazine rings is 1. The molecule has 172 valence electrons. The van der Waals surface area contributed by atoms with Crippen LogP contribution in [0.15, 0.2) is 60.9 Å². The molecule has 4 aromatic rings. The molecule has 1 saturated carbocycles. The summed E-state index contributed by atoms with van der Waals surface area (Å²) in [6.07, 6.45) is 9.16. The lowest BCUT2D eigenvalue weighted by atomic mass is 9.81. The first kappa shape index (κ1) is 21.2. The third-order valence-electron chi connectivity index (χ3n) is 8.08. The van der Waals surface area contributed by atoms with Gasteiger partial charge in [0.1, 0.15) is 0 Å². The number of benzene rings is 2. The highest BCUT2D eigenvalue weighted by molar-refractivity contribution is 5.91. The number of anilines is 1. The normalized spacial score (nSPS) is 21.7. The fraction of sp³-hybridized carbons (Fsp3) is 0.379. The molecule has 3 heterocycles. The second-order valence-electron chi connectivity index (χ2n) is 9.91. The molecule has 0 radical (unpaired) electrons. The lowest BCUT2D eigenvalue weighted by Gasteiger charge is -2.43. The van der Waals surface area contributed by atoms with Gasteiger partial charge in [0.25, 0.3) is 0 Å². The van der Waals surface area contributed by atoms with E-state index in [2.05, 4.69) is 75.1 Å². The minimum atomic E-state index is 0.596. The van der Waals surface area contributed by atoms with Crippen LogP contribution in [0.3, 0.4) is 0 Å². The topological polar surface area (TPSA) is 48.1 Å². The van der Waals surface area contributed by atoms with Crippen molar-refractivity contribution in [3.63, 3.8) is 0 Å². The minimum Gasteiger partial charge on any atom is -0.368 e. The highest BCUT2D eigenvalue weighted by Gasteiger charge is 2.30. The quantitative estimate of drug-likeness (QED) is 0.417. The van der Waals surface area contributed by atoms with E-state index in [1.165, 1.54) is 53.2 Å². The number of hydrogen-bond acceptors (Lipinski definition) is 4. The molecule has 0 amide bonds. The Morgan fingerprint density at radius 2 is 1.74 bits per heavy atom. The van der Waals surface area contributed by atoms with E-state index in [0.717, 1.165) is 37.3 Å². The van der Waals surface area contributed by atoms with Gasteiger partial charge >= 0.3 is 0 Å².